The number of aliphatic hydroxyl groups excluding tert-OH is 1. The Bertz CT molecular complexity index is 2850. The molecular formula is C52H60BrFN5O15PS. The van der Waals surface area contributed by atoms with Crippen molar-refractivity contribution in [2.75, 3.05) is 38.3 Å². The van der Waals surface area contributed by atoms with Gasteiger partial charge in [-0.3, -0.25) is 38.1 Å². The first-order valence-electron chi connectivity index (χ1n) is 24.7. The van der Waals surface area contributed by atoms with Crippen LogP contribution >= 0.6 is 35.1 Å². The monoisotopic (exact) mass is 1160 g/mol. The van der Waals surface area contributed by atoms with Crippen molar-refractivity contribution in [3.05, 3.63) is 117 Å². The van der Waals surface area contributed by atoms with Crippen LogP contribution in [0.4, 0.5) is 4.39 Å². The van der Waals surface area contributed by atoms with Crippen LogP contribution in [-0.4, -0.2) is 124 Å². The van der Waals surface area contributed by atoms with Gasteiger partial charge in [0.05, 0.1) is 43.8 Å². The van der Waals surface area contributed by atoms with E-state index in [-0.39, 0.29) is 56.7 Å². The molecule has 10 atom stereocenters. The zero-order valence-electron chi connectivity index (χ0n) is 41.6. The minimum atomic E-state index is -5.11. The number of ketones is 2. The Hall–Kier alpha value is -5.33. The molecule has 1 aliphatic heterocycles. The van der Waals surface area contributed by atoms with Crippen LogP contribution in [0.1, 0.15) is 73.0 Å². The standard InChI is InChI=1S/C52H60BrFN5O15PS/c1-49-14-13-35(60)19-34(49)11-12-37-38-20-42-52(41(62)27-72-75(68,69)70,50(38,2)21-40(61)51(37,49)54)74-48(73-42)33-18-36(76-28-33)16-31-9-6-10-32(15-31)26-71-29-58-45(65)24-57-47(67)39(17-30-7-4-3-5-8-30)59-46(66)25-56-44(64)23-55-43(63)22-53/h3-10,13-15,18-19,28,37-40,42,48,61H,11-12,16-17,20-27,29H2,1-2H3,(H,55,63)(H,56,64)(H,57,67)(H,58,65)(H,59,66)(H2,68,69,70)/t37-,38-,39-,40-,42+,48+,49-,50-,51-,52+/m0/s1. The lowest BCUT2D eigenvalue weighted by molar-refractivity contribution is -0.231. The van der Waals surface area contributed by atoms with Crippen LogP contribution in [0.25, 0.3) is 0 Å². The van der Waals surface area contributed by atoms with E-state index in [4.69, 9.17) is 18.7 Å². The number of nitrogens with one attached hydrogen (secondary N) is 5. The number of hydrogen-bond donors (Lipinski definition) is 8. The number of alkyl halides is 2. The summed E-state index contributed by atoms with van der Waals surface area (Å²) in [5, 5.41) is 26.2. The maximum Gasteiger partial charge on any atom is 0.470 e. The number of ether oxygens (including phenoxy) is 3. The van der Waals surface area contributed by atoms with E-state index in [1.54, 1.807) is 44.2 Å². The highest BCUT2D eigenvalue weighted by Gasteiger charge is 2.79. The molecule has 2 heterocycles. The van der Waals surface area contributed by atoms with Gasteiger partial charge in [-0.15, -0.1) is 11.3 Å². The number of rotatable bonds is 22. The van der Waals surface area contributed by atoms with E-state index in [1.165, 1.54) is 29.6 Å². The number of fused-ring (bicyclic) bond motifs is 7. The Morgan fingerprint density at radius 3 is 2.36 bits per heavy atom. The molecule has 8 N–H and O–H groups in total. The Labute approximate surface area is 449 Å². The van der Waals surface area contributed by atoms with E-state index in [0.29, 0.717) is 24.0 Å². The molecule has 3 saturated carbocycles. The van der Waals surface area contributed by atoms with Crippen LogP contribution in [0.3, 0.4) is 0 Å². The zero-order valence-corrected chi connectivity index (χ0v) is 44.9. The second-order valence-corrected chi connectivity index (χ2v) is 22.9. The van der Waals surface area contributed by atoms with Crippen LogP contribution in [0.2, 0.25) is 0 Å². The van der Waals surface area contributed by atoms with Crippen molar-refractivity contribution in [1.29, 1.82) is 0 Å². The van der Waals surface area contributed by atoms with Crippen LogP contribution in [0, 0.1) is 22.7 Å². The fourth-order valence-electron chi connectivity index (χ4n) is 11.9. The molecule has 5 aliphatic rings. The summed E-state index contributed by atoms with van der Waals surface area (Å²) >= 11 is 4.40. The van der Waals surface area contributed by atoms with E-state index in [9.17, 15) is 53.0 Å². The Kier molecular flexibility index (Phi) is 17.5. The van der Waals surface area contributed by atoms with Gasteiger partial charge in [-0.2, -0.15) is 0 Å². The van der Waals surface area contributed by atoms with Crippen LogP contribution < -0.4 is 26.6 Å². The third-order valence-corrected chi connectivity index (χ3v) is 17.4. The summed E-state index contributed by atoms with van der Waals surface area (Å²) in [6.45, 7) is 1.16. The van der Waals surface area contributed by atoms with Crippen LogP contribution in [0.5, 0.6) is 0 Å². The number of phosphoric acid groups is 1. The lowest BCUT2D eigenvalue weighted by Gasteiger charge is -2.62. The highest BCUT2D eigenvalue weighted by atomic mass is 79.9. The molecule has 0 bridgehead atoms. The van der Waals surface area contributed by atoms with Crippen molar-refractivity contribution >= 4 is 76.2 Å². The van der Waals surface area contributed by atoms with Crippen molar-refractivity contribution in [2.45, 2.75) is 94.8 Å². The normalized spacial score (nSPS) is 28.6. The molecule has 408 valence electrons. The number of carbonyl (C=O) groups is 7. The summed E-state index contributed by atoms with van der Waals surface area (Å²) in [6.07, 6.45) is 1.79. The molecule has 20 nitrogen and oxygen atoms in total. The Morgan fingerprint density at radius 2 is 1.61 bits per heavy atom. The largest absolute Gasteiger partial charge is 0.470 e. The fraction of sp³-hybridized carbons (Fsp3) is 0.481. The molecule has 0 radical (unpaired) electrons. The first-order chi connectivity index (χ1) is 36.1. The van der Waals surface area contributed by atoms with E-state index in [2.05, 4.69) is 42.5 Å². The van der Waals surface area contributed by atoms with Gasteiger partial charge in [0.25, 0.3) is 0 Å². The van der Waals surface area contributed by atoms with Gasteiger partial charge in [-0.25, -0.2) is 8.96 Å². The third kappa shape index (κ3) is 11.9. The number of amides is 5. The minimum Gasteiger partial charge on any atom is -0.390 e. The first kappa shape index (κ1) is 56.9. The summed E-state index contributed by atoms with van der Waals surface area (Å²) in [5.74, 6) is -5.25. The number of benzene rings is 2. The van der Waals surface area contributed by atoms with Gasteiger partial charge in [0.15, 0.2) is 29.1 Å². The molecule has 4 fully saturated rings. The predicted octanol–water partition coefficient (Wildman–Crippen LogP) is 3.21. The topological polar surface area (TPSA) is 294 Å². The summed E-state index contributed by atoms with van der Waals surface area (Å²) in [4.78, 5) is 109. The van der Waals surface area contributed by atoms with E-state index in [1.807, 2.05) is 35.7 Å². The van der Waals surface area contributed by atoms with Crippen LogP contribution in [-0.2, 0) is 76.3 Å². The molecule has 3 aromatic rings. The van der Waals surface area contributed by atoms with E-state index < -0.39 is 121 Å². The number of halogens is 2. The number of thiophene rings is 1. The van der Waals surface area contributed by atoms with Gasteiger partial charge in [-0.1, -0.05) is 89.1 Å². The van der Waals surface area contributed by atoms with E-state index in [0.717, 1.165) is 21.6 Å². The molecule has 4 aliphatic carbocycles. The summed E-state index contributed by atoms with van der Waals surface area (Å²) in [7, 11) is -5.11. The quantitative estimate of drug-likeness (QED) is 0.0310. The molecule has 1 aromatic heterocycles. The Balaban J connectivity index is 0.848. The highest BCUT2D eigenvalue weighted by molar-refractivity contribution is 9.09. The number of allylic oxidation sites excluding steroid dienone is 4. The molecule has 2 aromatic carbocycles. The number of phosphoric ester groups is 1. The molecular weight excluding hydrogens is 1100 g/mol. The molecule has 24 heteroatoms. The predicted molar refractivity (Wildman–Crippen MR) is 274 cm³/mol. The van der Waals surface area contributed by atoms with Gasteiger partial charge < -0.3 is 55.7 Å². The summed E-state index contributed by atoms with van der Waals surface area (Å²) in [5.41, 5.74) is -2.98. The van der Waals surface area contributed by atoms with Gasteiger partial charge in [0, 0.05) is 40.0 Å². The molecule has 8 rings (SSSR count). The second-order valence-electron chi connectivity index (χ2n) is 20.1. The zero-order chi connectivity index (χ0) is 54.6. The highest BCUT2D eigenvalue weighted by Crippen LogP contribution is 2.72. The van der Waals surface area contributed by atoms with Gasteiger partial charge in [0.1, 0.15) is 19.4 Å². The average molecular weight is 1160 g/mol. The maximum absolute atomic E-state index is 17.9. The van der Waals surface area contributed by atoms with Crippen molar-refractivity contribution in [3.63, 3.8) is 0 Å². The van der Waals surface area contributed by atoms with E-state index >= 15 is 4.39 Å². The lowest BCUT2D eigenvalue weighted by atomic mass is 9.44. The molecule has 76 heavy (non-hydrogen) atoms. The molecule has 1 saturated heterocycles. The lowest BCUT2D eigenvalue weighted by Crippen LogP contribution is -2.69. The number of hydrogen-bond acceptors (Lipinski definition) is 14. The minimum absolute atomic E-state index is 0.00797. The van der Waals surface area contributed by atoms with Crippen molar-refractivity contribution in [2.24, 2.45) is 22.7 Å². The number of aliphatic hydroxyl groups is 1. The molecule has 0 unspecified atom stereocenters. The van der Waals surface area contributed by atoms with Gasteiger partial charge in [0.2, 0.25) is 29.5 Å². The SMILES string of the molecule is C[C@]12C=CC(=O)C=C1CC[C@H]1[C@@H]3C[C@H]4O[C@@H](c5csc(Cc6cccc(COCNC(=O)CNC(=O)[C@H](Cc7ccccc7)NC(=O)CNC(=O)CNC(=O)CBr)c6)c5)O[C@@]4(C(=O)COP(=O)(O)O)[C@@]3(C)C[C@H](O)[C@@]12F. The first-order valence-corrected chi connectivity index (χ1v) is 28.2. The van der Waals surface area contributed by atoms with Crippen LogP contribution in [0.15, 0.2) is 89.8 Å². The maximum atomic E-state index is 17.9. The molecule has 0 spiro atoms. The molecule has 5 amide bonds. The second kappa shape index (κ2) is 23.3. The van der Waals surface area contributed by atoms with Gasteiger partial charge in [-0.05, 0) is 78.8 Å². The van der Waals surface area contributed by atoms with Crippen molar-refractivity contribution < 1.29 is 76.1 Å². The third-order valence-electron chi connectivity index (χ3n) is 15.5. The van der Waals surface area contributed by atoms with Crippen molar-refractivity contribution in [1.82, 2.24) is 26.6 Å². The van der Waals surface area contributed by atoms with Gasteiger partial charge >= 0.3 is 7.82 Å². The average Bonchev–Trinajstić information content (AvgIpc) is 4.28. The Morgan fingerprint density at radius 1 is 0.908 bits per heavy atom. The summed E-state index contributed by atoms with van der Waals surface area (Å²) < 4.78 is 53.6. The number of carbonyl (C=O) groups excluding carboxylic acids is 7. The van der Waals surface area contributed by atoms with Crippen molar-refractivity contribution in [3.8, 4) is 0 Å². The number of Topliss-reactive ketones (excluding diaryl/α,β-unsaturated/α-hetero) is 1. The summed E-state index contributed by atoms with van der Waals surface area (Å²) in [6, 6.07) is 17.3. The smallest absolute Gasteiger partial charge is 0.390 e. The fourth-order valence-corrected chi connectivity index (χ4v) is 13.3.